The minimum atomic E-state index is -0.794. The number of para-hydroxylation sites is 2. The summed E-state index contributed by atoms with van der Waals surface area (Å²) in [4.78, 5) is 37.7. The molecule has 1 atom stereocenters. The van der Waals surface area contributed by atoms with Crippen molar-refractivity contribution in [3.63, 3.8) is 0 Å². The van der Waals surface area contributed by atoms with Gasteiger partial charge in [-0.1, -0.05) is 24.3 Å². The first-order valence-corrected chi connectivity index (χ1v) is 9.92. The Morgan fingerprint density at radius 2 is 1.84 bits per heavy atom. The van der Waals surface area contributed by atoms with E-state index in [-0.39, 0.29) is 18.5 Å². The molecular formula is C23H25N3O5. The zero-order valence-corrected chi connectivity index (χ0v) is 17.7. The molecule has 1 N–H and O–H groups in total. The summed E-state index contributed by atoms with van der Waals surface area (Å²) in [5.74, 6) is 0.796. The third-order valence-corrected chi connectivity index (χ3v) is 4.77. The van der Waals surface area contributed by atoms with Gasteiger partial charge in [0.15, 0.2) is 0 Å². The molecule has 0 spiro atoms. The molecule has 0 bridgehead atoms. The van der Waals surface area contributed by atoms with Gasteiger partial charge in [0.05, 0.1) is 25.4 Å². The lowest BCUT2D eigenvalue weighted by atomic mass is 10.1. The molecule has 1 heterocycles. The van der Waals surface area contributed by atoms with Crippen molar-refractivity contribution < 1.29 is 14.3 Å². The number of carbonyl (C=O) groups is 1. The van der Waals surface area contributed by atoms with Crippen molar-refractivity contribution in [3.8, 4) is 17.2 Å². The summed E-state index contributed by atoms with van der Waals surface area (Å²) in [6, 6.07) is 14.0. The van der Waals surface area contributed by atoms with Crippen molar-refractivity contribution in [1.82, 2.24) is 14.5 Å². The second-order valence-electron chi connectivity index (χ2n) is 6.87. The number of aromatic nitrogens is 2. The van der Waals surface area contributed by atoms with E-state index in [0.717, 1.165) is 10.1 Å². The molecule has 0 saturated heterocycles. The minimum Gasteiger partial charge on any atom is -0.497 e. The van der Waals surface area contributed by atoms with Gasteiger partial charge in [-0.3, -0.25) is 23.5 Å². The predicted octanol–water partition coefficient (Wildman–Crippen LogP) is 2.28. The van der Waals surface area contributed by atoms with E-state index < -0.39 is 11.1 Å². The SMILES string of the molecule is CCOc1ccccc1-n1ccn(CC(=O)N[C@@H](C)c2cccc(OC)c2)c(=O)c1=O. The van der Waals surface area contributed by atoms with Gasteiger partial charge in [0.2, 0.25) is 5.91 Å². The van der Waals surface area contributed by atoms with E-state index in [9.17, 15) is 14.4 Å². The average molecular weight is 423 g/mol. The Balaban J connectivity index is 1.79. The highest BCUT2D eigenvalue weighted by Gasteiger charge is 2.15. The number of nitrogens with zero attached hydrogens (tertiary/aromatic N) is 2. The Labute approximate surface area is 179 Å². The van der Waals surface area contributed by atoms with E-state index >= 15 is 0 Å². The summed E-state index contributed by atoms with van der Waals surface area (Å²) in [6.45, 7) is 3.82. The van der Waals surface area contributed by atoms with E-state index in [1.165, 1.54) is 17.0 Å². The molecule has 8 heteroatoms. The standard InChI is InChI=1S/C23H25N3O5/c1-4-31-20-11-6-5-10-19(20)26-13-12-25(22(28)23(26)29)15-21(27)24-16(2)17-8-7-9-18(14-17)30-3/h5-14,16H,4,15H2,1-3H3,(H,24,27)/t16-/m0/s1. The van der Waals surface area contributed by atoms with Crippen LogP contribution in [0.1, 0.15) is 25.5 Å². The molecule has 0 radical (unpaired) electrons. The van der Waals surface area contributed by atoms with Crippen molar-refractivity contribution in [2.45, 2.75) is 26.4 Å². The zero-order chi connectivity index (χ0) is 22.4. The van der Waals surface area contributed by atoms with Gasteiger partial charge in [-0.2, -0.15) is 0 Å². The largest absolute Gasteiger partial charge is 0.497 e. The maximum atomic E-state index is 12.7. The number of hydrogen-bond acceptors (Lipinski definition) is 5. The van der Waals surface area contributed by atoms with Crippen LogP contribution in [0.15, 0.2) is 70.5 Å². The van der Waals surface area contributed by atoms with Crippen LogP contribution in [0.25, 0.3) is 5.69 Å². The van der Waals surface area contributed by atoms with Crippen LogP contribution in [0, 0.1) is 0 Å². The normalized spacial score (nSPS) is 11.6. The highest BCUT2D eigenvalue weighted by molar-refractivity contribution is 5.76. The van der Waals surface area contributed by atoms with Crippen LogP contribution in [0.5, 0.6) is 11.5 Å². The highest BCUT2D eigenvalue weighted by Crippen LogP contribution is 2.21. The number of methoxy groups -OCH3 is 1. The van der Waals surface area contributed by atoms with Crippen LogP contribution in [0.3, 0.4) is 0 Å². The van der Waals surface area contributed by atoms with Gasteiger partial charge in [-0.15, -0.1) is 0 Å². The number of benzene rings is 2. The molecule has 8 nitrogen and oxygen atoms in total. The first-order valence-electron chi connectivity index (χ1n) is 9.92. The van der Waals surface area contributed by atoms with Crippen LogP contribution in [0.2, 0.25) is 0 Å². The van der Waals surface area contributed by atoms with E-state index in [4.69, 9.17) is 9.47 Å². The highest BCUT2D eigenvalue weighted by atomic mass is 16.5. The number of ether oxygens (including phenoxy) is 2. The molecule has 0 saturated carbocycles. The first-order chi connectivity index (χ1) is 14.9. The van der Waals surface area contributed by atoms with E-state index in [1.54, 1.807) is 31.4 Å². The van der Waals surface area contributed by atoms with Crippen molar-refractivity contribution in [2.24, 2.45) is 0 Å². The lowest BCUT2D eigenvalue weighted by Crippen LogP contribution is -2.42. The van der Waals surface area contributed by atoms with E-state index in [1.807, 2.05) is 38.1 Å². The minimum absolute atomic E-state index is 0.268. The maximum absolute atomic E-state index is 12.7. The van der Waals surface area contributed by atoms with Crippen molar-refractivity contribution in [2.75, 3.05) is 13.7 Å². The predicted molar refractivity (Wildman–Crippen MR) is 117 cm³/mol. The summed E-state index contributed by atoms with van der Waals surface area (Å²) in [6.07, 6.45) is 2.88. The van der Waals surface area contributed by atoms with Crippen LogP contribution < -0.4 is 25.9 Å². The number of carbonyl (C=O) groups excluding carboxylic acids is 1. The van der Waals surface area contributed by atoms with Gasteiger partial charge >= 0.3 is 11.1 Å². The fraction of sp³-hybridized carbons (Fsp3) is 0.261. The van der Waals surface area contributed by atoms with Crippen LogP contribution in [0.4, 0.5) is 0 Å². The van der Waals surface area contributed by atoms with Gasteiger partial charge in [0, 0.05) is 12.4 Å². The lowest BCUT2D eigenvalue weighted by Gasteiger charge is -2.16. The third-order valence-electron chi connectivity index (χ3n) is 4.77. The van der Waals surface area contributed by atoms with Crippen LogP contribution >= 0.6 is 0 Å². The van der Waals surface area contributed by atoms with Crippen LogP contribution in [-0.4, -0.2) is 28.8 Å². The lowest BCUT2D eigenvalue weighted by molar-refractivity contribution is -0.122. The fourth-order valence-electron chi connectivity index (χ4n) is 3.19. The third kappa shape index (κ3) is 5.03. The Bertz CT molecular complexity index is 1180. The fourth-order valence-corrected chi connectivity index (χ4v) is 3.19. The molecule has 0 aliphatic carbocycles. The molecule has 1 aromatic heterocycles. The number of rotatable bonds is 8. The second-order valence-corrected chi connectivity index (χ2v) is 6.87. The molecule has 1 amide bonds. The summed E-state index contributed by atoms with van der Waals surface area (Å²) in [7, 11) is 1.57. The van der Waals surface area contributed by atoms with Gasteiger partial charge in [0.25, 0.3) is 0 Å². The Hall–Kier alpha value is -3.81. The topological polar surface area (TPSA) is 91.6 Å². The van der Waals surface area contributed by atoms with E-state index in [2.05, 4.69) is 5.32 Å². The number of nitrogens with one attached hydrogen (secondary N) is 1. The van der Waals surface area contributed by atoms with Gasteiger partial charge in [-0.25, -0.2) is 0 Å². The van der Waals surface area contributed by atoms with Gasteiger partial charge < -0.3 is 14.8 Å². The summed E-state index contributed by atoms with van der Waals surface area (Å²) in [5.41, 5.74) is -0.223. The average Bonchev–Trinajstić information content (AvgIpc) is 2.78. The molecule has 3 aromatic rings. The Morgan fingerprint density at radius 1 is 1.06 bits per heavy atom. The monoisotopic (exact) mass is 423 g/mol. The summed E-state index contributed by atoms with van der Waals surface area (Å²) in [5, 5.41) is 2.83. The van der Waals surface area contributed by atoms with Crippen LogP contribution in [-0.2, 0) is 11.3 Å². The van der Waals surface area contributed by atoms with Crippen molar-refractivity contribution in [1.29, 1.82) is 0 Å². The first kappa shape index (κ1) is 21.9. The molecule has 162 valence electrons. The molecule has 3 rings (SSSR count). The summed E-state index contributed by atoms with van der Waals surface area (Å²) >= 11 is 0. The van der Waals surface area contributed by atoms with Gasteiger partial charge in [0.1, 0.15) is 18.0 Å². The Kier molecular flexibility index (Phi) is 6.92. The molecule has 0 aliphatic heterocycles. The van der Waals surface area contributed by atoms with Crippen molar-refractivity contribution in [3.05, 3.63) is 87.2 Å². The quantitative estimate of drug-likeness (QED) is 0.562. The van der Waals surface area contributed by atoms with Gasteiger partial charge in [-0.05, 0) is 43.7 Å². The maximum Gasteiger partial charge on any atom is 0.321 e. The Morgan fingerprint density at radius 3 is 2.58 bits per heavy atom. The molecule has 31 heavy (non-hydrogen) atoms. The molecule has 0 aliphatic rings. The van der Waals surface area contributed by atoms with Crippen molar-refractivity contribution >= 4 is 5.91 Å². The molecule has 0 fully saturated rings. The summed E-state index contributed by atoms with van der Waals surface area (Å²) < 4.78 is 13.1. The smallest absolute Gasteiger partial charge is 0.321 e. The molecule has 2 aromatic carbocycles. The zero-order valence-electron chi connectivity index (χ0n) is 17.7. The van der Waals surface area contributed by atoms with E-state index in [0.29, 0.717) is 23.8 Å². The molecule has 0 unspecified atom stereocenters. The molecular weight excluding hydrogens is 398 g/mol. The number of amides is 1. The second kappa shape index (κ2) is 9.80. The number of hydrogen-bond donors (Lipinski definition) is 1.